The molecular weight excluding hydrogens is 327 g/mol. The second-order valence-electron chi connectivity index (χ2n) is 5.01. The number of halogens is 1. The van der Waals surface area contributed by atoms with Crippen molar-refractivity contribution >= 4 is 11.6 Å². The molecule has 0 heterocycles. The largest absolute Gasteiger partial charge is 0.478 e. The molecule has 1 amide bonds. The van der Waals surface area contributed by atoms with Gasteiger partial charge in [-0.05, 0) is 25.1 Å². The summed E-state index contributed by atoms with van der Waals surface area (Å²) < 4.78 is 18.4. The van der Waals surface area contributed by atoms with Crippen molar-refractivity contribution in [1.29, 1.82) is 0 Å². The van der Waals surface area contributed by atoms with Crippen LogP contribution in [0.2, 0.25) is 0 Å². The van der Waals surface area contributed by atoms with E-state index in [4.69, 9.17) is 4.74 Å². The van der Waals surface area contributed by atoms with E-state index in [-0.39, 0.29) is 30.2 Å². The van der Waals surface area contributed by atoms with Crippen LogP contribution in [0.15, 0.2) is 42.5 Å². The fourth-order valence-corrected chi connectivity index (χ4v) is 1.96. The van der Waals surface area contributed by atoms with E-state index in [0.717, 1.165) is 0 Å². The van der Waals surface area contributed by atoms with Crippen LogP contribution in [0.3, 0.4) is 0 Å². The zero-order valence-electron chi connectivity index (χ0n) is 13.4. The summed E-state index contributed by atoms with van der Waals surface area (Å²) in [7, 11) is 0. The van der Waals surface area contributed by atoms with E-state index in [9.17, 15) is 19.3 Å². The molecule has 128 valence electrons. The molecule has 0 saturated carbocycles. The van der Waals surface area contributed by atoms with E-state index in [2.05, 4.69) is 17.2 Å². The lowest BCUT2D eigenvalue weighted by Crippen LogP contribution is -2.23. The molecule has 0 spiro atoms. The lowest BCUT2D eigenvalue weighted by Gasteiger charge is -2.03. The Balaban J connectivity index is 1.84. The summed E-state index contributed by atoms with van der Waals surface area (Å²) >= 11 is 0. The highest BCUT2D eigenvalue weighted by atomic mass is 19.1. The molecule has 0 unspecified atom stereocenters. The minimum atomic E-state index is -0.536. The molecule has 0 radical (unpaired) electrons. The van der Waals surface area contributed by atoms with Crippen LogP contribution >= 0.6 is 0 Å². The minimum Gasteiger partial charge on any atom is -0.478 e. The third-order valence-electron chi connectivity index (χ3n) is 3.27. The Bertz CT molecular complexity index is 856. The van der Waals surface area contributed by atoms with Gasteiger partial charge in [0.2, 0.25) is 0 Å². The van der Waals surface area contributed by atoms with Crippen molar-refractivity contribution in [3.63, 3.8) is 0 Å². The van der Waals surface area contributed by atoms with Gasteiger partial charge in [-0.3, -0.25) is 14.9 Å². The normalized spacial score (nSPS) is 9.68. The number of carbonyl (C=O) groups excluding carboxylic acids is 1. The molecule has 0 saturated heterocycles. The quantitative estimate of drug-likeness (QED) is 0.515. The highest BCUT2D eigenvalue weighted by Gasteiger charge is 2.14. The third-order valence-corrected chi connectivity index (χ3v) is 3.27. The first kappa shape index (κ1) is 17.9. The average Bonchev–Trinajstić information content (AvgIpc) is 2.59. The Morgan fingerprint density at radius 1 is 1.28 bits per heavy atom. The fraction of sp³-hybridized carbons (Fsp3) is 0.167. The summed E-state index contributed by atoms with van der Waals surface area (Å²) in [6.07, 6.45) is 0. The van der Waals surface area contributed by atoms with Gasteiger partial charge in [-0.1, -0.05) is 30.0 Å². The van der Waals surface area contributed by atoms with Crippen molar-refractivity contribution in [3.05, 3.63) is 69.5 Å². The molecule has 2 rings (SSSR count). The predicted octanol–water partition coefficient (Wildman–Crippen LogP) is 2.85. The first-order valence-corrected chi connectivity index (χ1v) is 7.35. The average molecular weight is 342 g/mol. The number of nitro benzene ring substituents is 1. The summed E-state index contributed by atoms with van der Waals surface area (Å²) in [5, 5.41) is 13.4. The maximum atomic E-state index is 13.3. The fourth-order valence-electron chi connectivity index (χ4n) is 1.96. The number of para-hydroxylation sites is 1. The number of hydrogen-bond acceptors (Lipinski definition) is 4. The summed E-state index contributed by atoms with van der Waals surface area (Å²) in [5.41, 5.74) is 0.547. The molecule has 1 N–H and O–H groups in total. The Morgan fingerprint density at radius 3 is 2.76 bits per heavy atom. The number of nitro groups is 1. The van der Waals surface area contributed by atoms with E-state index in [1.54, 1.807) is 19.1 Å². The Hall–Kier alpha value is -3.40. The van der Waals surface area contributed by atoms with E-state index >= 15 is 0 Å². The molecule has 0 aliphatic carbocycles. The molecule has 0 aliphatic rings. The molecule has 7 heteroatoms. The van der Waals surface area contributed by atoms with Gasteiger partial charge in [0.05, 0.1) is 11.5 Å². The van der Waals surface area contributed by atoms with E-state index < -0.39 is 16.6 Å². The SMILES string of the molecule is Cc1ccc(C(=O)NCC#CCOc2ccccc2F)cc1[N+](=O)[O-]. The van der Waals surface area contributed by atoms with E-state index in [1.807, 2.05) is 0 Å². The van der Waals surface area contributed by atoms with Crippen molar-refractivity contribution in [2.75, 3.05) is 13.2 Å². The van der Waals surface area contributed by atoms with E-state index in [1.165, 1.54) is 30.3 Å². The lowest BCUT2D eigenvalue weighted by molar-refractivity contribution is -0.385. The molecule has 0 fully saturated rings. The molecule has 2 aromatic carbocycles. The first-order valence-electron chi connectivity index (χ1n) is 7.35. The first-order chi connectivity index (χ1) is 12.0. The summed E-state index contributed by atoms with van der Waals surface area (Å²) in [4.78, 5) is 22.3. The van der Waals surface area contributed by atoms with Gasteiger partial charge >= 0.3 is 0 Å². The van der Waals surface area contributed by atoms with Crippen molar-refractivity contribution in [2.45, 2.75) is 6.92 Å². The molecule has 6 nitrogen and oxygen atoms in total. The molecule has 0 atom stereocenters. The number of aryl methyl sites for hydroxylation is 1. The second kappa shape index (κ2) is 8.45. The predicted molar refractivity (Wildman–Crippen MR) is 89.8 cm³/mol. The van der Waals surface area contributed by atoms with Crippen LogP contribution in [-0.2, 0) is 0 Å². The highest BCUT2D eigenvalue weighted by molar-refractivity contribution is 5.95. The number of ether oxygens (including phenoxy) is 1. The third kappa shape index (κ3) is 5.04. The maximum Gasteiger partial charge on any atom is 0.273 e. The monoisotopic (exact) mass is 342 g/mol. The highest BCUT2D eigenvalue weighted by Crippen LogP contribution is 2.19. The topological polar surface area (TPSA) is 81.5 Å². The van der Waals surface area contributed by atoms with Crippen LogP contribution in [0.1, 0.15) is 15.9 Å². The van der Waals surface area contributed by atoms with Crippen LogP contribution < -0.4 is 10.1 Å². The minimum absolute atomic E-state index is 0.0210. The van der Waals surface area contributed by atoms with Gasteiger partial charge in [0.1, 0.15) is 6.61 Å². The van der Waals surface area contributed by atoms with Crippen LogP contribution in [0, 0.1) is 34.7 Å². The Kier molecular flexibility index (Phi) is 6.07. The van der Waals surface area contributed by atoms with Gasteiger partial charge < -0.3 is 10.1 Å². The zero-order valence-corrected chi connectivity index (χ0v) is 13.4. The van der Waals surface area contributed by atoms with E-state index in [0.29, 0.717) is 5.56 Å². The molecular formula is C18H15FN2O4. The van der Waals surface area contributed by atoms with Crippen LogP contribution in [0.4, 0.5) is 10.1 Å². The van der Waals surface area contributed by atoms with Crippen molar-refractivity contribution in [2.24, 2.45) is 0 Å². The summed E-state index contributed by atoms with van der Waals surface area (Å²) in [6.45, 7) is 1.62. The van der Waals surface area contributed by atoms with Gasteiger partial charge in [0, 0.05) is 17.2 Å². The Morgan fingerprint density at radius 2 is 2.04 bits per heavy atom. The molecule has 2 aromatic rings. The number of nitrogens with zero attached hydrogens (tertiary/aromatic N) is 1. The number of carbonyl (C=O) groups is 1. The molecule has 0 aromatic heterocycles. The van der Waals surface area contributed by atoms with Gasteiger partial charge in [-0.25, -0.2) is 4.39 Å². The van der Waals surface area contributed by atoms with Crippen LogP contribution in [-0.4, -0.2) is 24.0 Å². The van der Waals surface area contributed by atoms with Crippen molar-refractivity contribution < 1.29 is 18.8 Å². The van der Waals surface area contributed by atoms with Crippen LogP contribution in [0.5, 0.6) is 5.75 Å². The van der Waals surface area contributed by atoms with Crippen molar-refractivity contribution in [3.8, 4) is 17.6 Å². The zero-order chi connectivity index (χ0) is 18.2. The van der Waals surface area contributed by atoms with Crippen LogP contribution in [0.25, 0.3) is 0 Å². The Labute approximate surface area is 143 Å². The standard InChI is InChI=1S/C18H15FN2O4/c1-13-8-9-14(12-16(13)21(23)24)18(22)20-10-4-5-11-25-17-7-3-2-6-15(17)19/h2-3,6-9,12H,10-11H2,1H3,(H,20,22). The van der Waals surface area contributed by atoms with Gasteiger partial charge in [-0.2, -0.15) is 0 Å². The van der Waals surface area contributed by atoms with Crippen molar-refractivity contribution in [1.82, 2.24) is 5.32 Å². The van der Waals surface area contributed by atoms with Gasteiger partial charge in [-0.15, -0.1) is 0 Å². The number of nitrogens with one attached hydrogen (secondary N) is 1. The maximum absolute atomic E-state index is 13.3. The van der Waals surface area contributed by atoms with Gasteiger partial charge in [0.15, 0.2) is 11.6 Å². The molecule has 0 aliphatic heterocycles. The summed E-state index contributed by atoms with van der Waals surface area (Å²) in [5.74, 6) is 4.47. The number of benzene rings is 2. The number of amides is 1. The number of rotatable bonds is 5. The smallest absolute Gasteiger partial charge is 0.273 e. The second-order valence-corrected chi connectivity index (χ2v) is 5.01. The van der Waals surface area contributed by atoms with Gasteiger partial charge in [0.25, 0.3) is 11.6 Å². The molecule has 25 heavy (non-hydrogen) atoms. The lowest BCUT2D eigenvalue weighted by atomic mass is 10.1. The molecule has 0 bridgehead atoms. The summed E-state index contributed by atoms with van der Waals surface area (Å²) in [6, 6.07) is 10.2. The number of hydrogen-bond donors (Lipinski definition) is 1.